The molecule has 0 unspecified atom stereocenters. The summed E-state index contributed by atoms with van der Waals surface area (Å²) in [5.41, 5.74) is 0.956. The van der Waals surface area contributed by atoms with E-state index in [2.05, 4.69) is 24.3 Å². The lowest BCUT2D eigenvalue weighted by Gasteiger charge is -1.88. The molecule has 1 aromatic carbocycles. The Bertz CT molecular complexity index is 421. The number of hydrogen-bond acceptors (Lipinski definition) is 1. The highest BCUT2D eigenvalue weighted by Gasteiger charge is 1.89. The summed E-state index contributed by atoms with van der Waals surface area (Å²) >= 11 is 0. The van der Waals surface area contributed by atoms with Crippen molar-refractivity contribution < 1.29 is 4.42 Å². The normalized spacial score (nSPS) is 13.6. The van der Waals surface area contributed by atoms with Gasteiger partial charge < -0.3 is 4.42 Å². The molecule has 0 amide bonds. The van der Waals surface area contributed by atoms with Gasteiger partial charge in [-0.2, -0.15) is 0 Å². The fourth-order valence-corrected chi connectivity index (χ4v) is 1.45. The summed E-state index contributed by atoms with van der Waals surface area (Å²) in [6.45, 7) is 0. The van der Waals surface area contributed by atoms with Crippen LogP contribution >= 0.6 is 0 Å². The van der Waals surface area contributed by atoms with Crippen molar-refractivity contribution in [3.05, 3.63) is 60.9 Å². The number of benzene rings is 1. The molecular weight excluding hydrogens is 184 g/mol. The Labute approximate surface area is 89.7 Å². The average molecular weight is 198 g/mol. The molecule has 1 aliphatic carbocycles. The SMILES string of the molecule is C1=CCCC=C1.c1ccc2occc2c1. The fraction of sp³-hybridized carbons (Fsp3) is 0.143. The Morgan fingerprint density at radius 2 is 1.60 bits per heavy atom. The van der Waals surface area contributed by atoms with Crippen LogP contribution in [0.15, 0.2) is 65.3 Å². The number of hydrogen-bond donors (Lipinski definition) is 0. The minimum atomic E-state index is 0.956. The van der Waals surface area contributed by atoms with Crippen molar-refractivity contribution in [2.24, 2.45) is 0 Å². The zero-order valence-corrected chi connectivity index (χ0v) is 8.60. The second-order valence-electron chi connectivity index (χ2n) is 3.39. The van der Waals surface area contributed by atoms with Gasteiger partial charge in [-0.1, -0.05) is 42.5 Å². The zero-order chi connectivity index (χ0) is 10.3. The van der Waals surface area contributed by atoms with Crippen LogP contribution in [0.1, 0.15) is 12.8 Å². The van der Waals surface area contributed by atoms with Crippen molar-refractivity contribution in [2.75, 3.05) is 0 Å². The molecule has 0 spiro atoms. The Morgan fingerprint density at radius 3 is 2.20 bits per heavy atom. The van der Waals surface area contributed by atoms with E-state index in [0.29, 0.717) is 0 Å². The van der Waals surface area contributed by atoms with Gasteiger partial charge in [0.05, 0.1) is 6.26 Å². The molecule has 0 N–H and O–H groups in total. The minimum absolute atomic E-state index is 0.956. The van der Waals surface area contributed by atoms with E-state index in [9.17, 15) is 0 Å². The maximum absolute atomic E-state index is 5.12. The van der Waals surface area contributed by atoms with E-state index in [1.54, 1.807) is 6.26 Å². The quantitative estimate of drug-likeness (QED) is 0.614. The first-order valence-electron chi connectivity index (χ1n) is 5.21. The van der Waals surface area contributed by atoms with E-state index in [0.717, 1.165) is 11.0 Å². The third kappa shape index (κ3) is 2.84. The molecule has 0 saturated carbocycles. The standard InChI is InChI=1S/C8H6O.C6H8/c1-2-4-8-7(3-1)5-6-9-8;1-2-4-6-5-3-1/h1-6H;1-4H,5-6H2. The molecule has 0 aliphatic heterocycles. The summed E-state index contributed by atoms with van der Waals surface area (Å²) in [4.78, 5) is 0. The molecule has 1 aromatic heterocycles. The van der Waals surface area contributed by atoms with E-state index in [-0.39, 0.29) is 0 Å². The predicted octanol–water partition coefficient (Wildman–Crippen LogP) is 4.33. The molecule has 1 nitrogen and oxygen atoms in total. The summed E-state index contributed by atoms with van der Waals surface area (Å²) < 4.78 is 5.12. The smallest absolute Gasteiger partial charge is 0.133 e. The second-order valence-corrected chi connectivity index (χ2v) is 3.39. The first kappa shape index (κ1) is 9.78. The number of allylic oxidation sites excluding steroid dienone is 4. The lowest BCUT2D eigenvalue weighted by molar-refractivity contribution is 0.616. The van der Waals surface area contributed by atoms with Gasteiger partial charge in [0.2, 0.25) is 0 Å². The van der Waals surface area contributed by atoms with Crippen LogP contribution in [0.4, 0.5) is 0 Å². The molecule has 0 fully saturated rings. The molecule has 0 atom stereocenters. The fourth-order valence-electron chi connectivity index (χ4n) is 1.45. The Morgan fingerprint density at radius 1 is 0.867 bits per heavy atom. The van der Waals surface area contributed by atoms with Crippen molar-refractivity contribution in [1.29, 1.82) is 0 Å². The van der Waals surface area contributed by atoms with Crippen LogP contribution < -0.4 is 0 Å². The summed E-state index contributed by atoms with van der Waals surface area (Å²) in [6.07, 6.45) is 12.7. The van der Waals surface area contributed by atoms with Crippen molar-refractivity contribution in [1.82, 2.24) is 0 Å². The highest BCUT2D eigenvalue weighted by Crippen LogP contribution is 2.12. The second kappa shape index (κ2) is 5.20. The van der Waals surface area contributed by atoms with Crippen LogP contribution in [0.25, 0.3) is 11.0 Å². The highest BCUT2D eigenvalue weighted by molar-refractivity contribution is 5.76. The lowest BCUT2D eigenvalue weighted by Crippen LogP contribution is -1.67. The topological polar surface area (TPSA) is 13.1 Å². The van der Waals surface area contributed by atoms with E-state index in [1.165, 1.54) is 12.8 Å². The van der Waals surface area contributed by atoms with Gasteiger partial charge in [0.1, 0.15) is 5.58 Å². The van der Waals surface area contributed by atoms with Gasteiger partial charge in [-0.25, -0.2) is 0 Å². The summed E-state index contributed by atoms with van der Waals surface area (Å²) in [6, 6.07) is 9.90. The Kier molecular flexibility index (Phi) is 3.39. The first-order chi connectivity index (χ1) is 7.47. The zero-order valence-electron chi connectivity index (χ0n) is 8.60. The van der Waals surface area contributed by atoms with Crippen LogP contribution in [0.2, 0.25) is 0 Å². The number of rotatable bonds is 0. The van der Waals surface area contributed by atoms with Crippen LogP contribution in [0, 0.1) is 0 Å². The van der Waals surface area contributed by atoms with Crippen molar-refractivity contribution >= 4 is 11.0 Å². The summed E-state index contributed by atoms with van der Waals surface area (Å²) in [5.74, 6) is 0. The van der Waals surface area contributed by atoms with E-state index in [1.807, 2.05) is 30.3 Å². The molecule has 1 aliphatic rings. The molecule has 2 aromatic rings. The van der Waals surface area contributed by atoms with E-state index >= 15 is 0 Å². The van der Waals surface area contributed by atoms with Crippen LogP contribution in [0.5, 0.6) is 0 Å². The molecule has 15 heavy (non-hydrogen) atoms. The van der Waals surface area contributed by atoms with Gasteiger partial charge in [-0.05, 0) is 25.0 Å². The third-order valence-corrected chi connectivity index (χ3v) is 2.24. The first-order valence-corrected chi connectivity index (χ1v) is 5.21. The Hall–Kier alpha value is -1.76. The molecule has 0 bridgehead atoms. The number of para-hydroxylation sites is 1. The molecule has 0 radical (unpaired) electrons. The molecule has 1 heteroatoms. The van der Waals surface area contributed by atoms with Gasteiger partial charge in [0, 0.05) is 5.39 Å². The van der Waals surface area contributed by atoms with E-state index < -0.39 is 0 Å². The minimum Gasteiger partial charge on any atom is -0.464 e. The maximum atomic E-state index is 5.12. The maximum Gasteiger partial charge on any atom is 0.133 e. The summed E-state index contributed by atoms with van der Waals surface area (Å²) in [5, 5.41) is 1.16. The summed E-state index contributed by atoms with van der Waals surface area (Å²) in [7, 11) is 0. The van der Waals surface area contributed by atoms with Crippen LogP contribution in [-0.2, 0) is 0 Å². The van der Waals surface area contributed by atoms with Gasteiger partial charge in [0.15, 0.2) is 0 Å². The number of fused-ring (bicyclic) bond motifs is 1. The van der Waals surface area contributed by atoms with Gasteiger partial charge in [0.25, 0.3) is 0 Å². The highest BCUT2D eigenvalue weighted by atomic mass is 16.3. The van der Waals surface area contributed by atoms with Gasteiger partial charge >= 0.3 is 0 Å². The van der Waals surface area contributed by atoms with E-state index in [4.69, 9.17) is 4.42 Å². The van der Waals surface area contributed by atoms with Gasteiger partial charge in [-0.15, -0.1) is 0 Å². The molecule has 3 rings (SSSR count). The predicted molar refractivity (Wildman–Crippen MR) is 63.7 cm³/mol. The van der Waals surface area contributed by atoms with Gasteiger partial charge in [-0.3, -0.25) is 0 Å². The molecule has 0 saturated heterocycles. The van der Waals surface area contributed by atoms with Crippen LogP contribution in [-0.4, -0.2) is 0 Å². The molecule has 1 heterocycles. The lowest BCUT2D eigenvalue weighted by atomic mass is 10.2. The molecule has 76 valence electrons. The van der Waals surface area contributed by atoms with Crippen molar-refractivity contribution in [3.63, 3.8) is 0 Å². The third-order valence-electron chi connectivity index (χ3n) is 2.24. The monoisotopic (exact) mass is 198 g/mol. The molecular formula is C14H14O. The van der Waals surface area contributed by atoms with Crippen molar-refractivity contribution in [3.8, 4) is 0 Å². The number of furan rings is 1. The Balaban J connectivity index is 0.000000124. The largest absolute Gasteiger partial charge is 0.464 e. The van der Waals surface area contributed by atoms with Crippen molar-refractivity contribution in [2.45, 2.75) is 12.8 Å². The van der Waals surface area contributed by atoms with Crippen LogP contribution in [0.3, 0.4) is 0 Å². The average Bonchev–Trinajstić information content (AvgIpc) is 2.80.